The van der Waals surface area contributed by atoms with Crippen molar-refractivity contribution in [3.63, 3.8) is 0 Å². The Labute approximate surface area is 110 Å². The van der Waals surface area contributed by atoms with E-state index < -0.39 is 0 Å². The fourth-order valence-electron chi connectivity index (χ4n) is 1.58. The molecule has 0 fully saturated rings. The van der Waals surface area contributed by atoms with Crippen LogP contribution in [0.25, 0.3) is 0 Å². The zero-order valence-corrected chi connectivity index (χ0v) is 10.5. The first-order chi connectivity index (χ1) is 9.13. The third-order valence-electron chi connectivity index (χ3n) is 2.48. The van der Waals surface area contributed by atoms with Gasteiger partial charge >= 0.3 is 0 Å². The standard InChI is InChI=1S/C14H14FN3O/c1-10(19)18-13-5-2-11(3-6-13)8-16-14-7-4-12(15)9-17-14/h2-7,9H,8H2,1H3,(H,16,17)(H,18,19). The molecule has 0 aliphatic rings. The van der Waals surface area contributed by atoms with Crippen LogP contribution in [0, 0.1) is 5.82 Å². The Hall–Kier alpha value is -2.43. The molecule has 0 saturated heterocycles. The van der Waals surface area contributed by atoms with E-state index in [1.807, 2.05) is 24.3 Å². The molecule has 0 bridgehead atoms. The minimum Gasteiger partial charge on any atom is -0.366 e. The number of pyridine rings is 1. The number of halogens is 1. The smallest absolute Gasteiger partial charge is 0.221 e. The zero-order valence-electron chi connectivity index (χ0n) is 10.5. The van der Waals surface area contributed by atoms with Crippen molar-refractivity contribution in [2.24, 2.45) is 0 Å². The van der Waals surface area contributed by atoms with Crippen molar-refractivity contribution >= 4 is 17.4 Å². The second-order valence-corrected chi connectivity index (χ2v) is 4.09. The number of nitrogens with zero attached hydrogens (tertiary/aromatic N) is 1. The number of nitrogens with one attached hydrogen (secondary N) is 2. The Kier molecular flexibility index (Phi) is 4.07. The summed E-state index contributed by atoms with van der Waals surface area (Å²) >= 11 is 0. The number of carbonyl (C=O) groups is 1. The van der Waals surface area contributed by atoms with Crippen molar-refractivity contribution in [2.45, 2.75) is 13.5 Å². The number of benzene rings is 1. The molecule has 5 heteroatoms. The summed E-state index contributed by atoms with van der Waals surface area (Å²) in [5, 5.41) is 5.78. The number of hydrogen-bond acceptors (Lipinski definition) is 3. The monoisotopic (exact) mass is 259 g/mol. The molecule has 0 atom stereocenters. The van der Waals surface area contributed by atoms with Gasteiger partial charge in [-0.3, -0.25) is 4.79 Å². The Morgan fingerprint density at radius 3 is 2.53 bits per heavy atom. The number of anilines is 2. The van der Waals surface area contributed by atoms with E-state index in [0.29, 0.717) is 12.4 Å². The summed E-state index contributed by atoms with van der Waals surface area (Å²) in [6.45, 7) is 2.05. The van der Waals surface area contributed by atoms with Gasteiger partial charge in [0.25, 0.3) is 0 Å². The quantitative estimate of drug-likeness (QED) is 0.887. The second-order valence-electron chi connectivity index (χ2n) is 4.09. The van der Waals surface area contributed by atoms with Crippen molar-refractivity contribution in [1.82, 2.24) is 4.98 Å². The molecule has 2 aromatic rings. The molecule has 1 aromatic carbocycles. The van der Waals surface area contributed by atoms with Crippen molar-refractivity contribution < 1.29 is 9.18 Å². The lowest BCUT2D eigenvalue weighted by molar-refractivity contribution is -0.114. The van der Waals surface area contributed by atoms with Crippen LogP contribution in [0.3, 0.4) is 0 Å². The maximum absolute atomic E-state index is 12.7. The lowest BCUT2D eigenvalue weighted by Crippen LogP contribution is -2.06. The van der Waals surface area contributed by atoms with Gasteiger partial charge in [0.15, 0.2) is 0 Å². The summed E-state index contributed by atoms with van der Waals surface area (Å²) in [6.07, 6.45) is 1.17. The van der Waals surface area contributed by atoms with Crippen LogP contribution in [0.4, 0.5) is 15.9 Å². The van der Waals surface area contributed by atoms with Crippen LogP contribution in [0.1, 0.15) is 12.5 Å². The van der Waals surface area contributed by atoms with Gasteiger partial charge in [0.2, 0.25) is 5.91 Å². The zero-order chi connectivity index (χ0) is 13.7. The molecule has 0 spiro atoms. The molecule has 19 heavy (non-hydrogen) atoms. The minimum absolute atomic E-state index is 0.0959. The molecule has 1 amide bonds. The lowest BCUT2D eigenvalue weighted by Gasteiger charge is -2.07. The molecular formula is C14H14FN3O. The van der Waals surface area contributed by atoms with Crippen LogP contribution >= 0.6 is 0 Å². The minimum atomic E-state index is -0.356. The molecule has 1 heterocycles. The fraction of sp³-hybridized carbons (Fsp3) is 0.143. The maximum Gasteiger partial charge on any atom is 0.221 e. The van der Waals surface area contributed by atoms with Crippen LogP contribution in [0.2, 0.25) is 0 Å². The third kappa shape index (κ3) is 4.06. The summed E-state index contributed by atoms with van der Waals surface area (Å²) in [4.78, 5) is 14.8. The van der Waals surface area contributed by atoms with Gasteiger partial charge in [-0.25, -0.2) is 9.37 Å². The van der Waals surface area contributed by atoms with E-state index >= 15 is 0 Å². The van der Waals surface area contributed by atoms with Gasteiger partial charge in [0.1, 0.15) is 11.6 Å². The molecule has 0 aliphatic heterocycles. The van der Waals surface area contributed by atoms with Gasteiger partial charge in [-0.15, -0.1) is 0 Å². The predicted molar refractivity (Wildman–Crippen MR) is 72.3 cm³/mol. The van der Waals surface area contributed by atoms with Gasteiger partial charge in [-0.05, 0) is 29.8 Å². The van der Waals surface area contributed by atoms with Crippen LogP contribution in [-0.4, -0.2) is 10.9 Å². The number of aromatic nitrogens is 1. The maximum atomic E-state index is 12.7. The van der Waals surface area contributed by atoms with Crippen LogP contribution in [0.5, 0.6) is 0 Å². The van der Waals surface area contributed by atoms with E-state index in [0.717, 1.165) is 11.3 Å². The highest BCUT2D eigenvalue weighted by Gasteiger charge is 1.98. The van der Waals surface area contributed by atoms with Crippen LogP contribution < -0.4 is 10.6 Å². The van der Waals surface area contributed by atoms with E-state index in [2.05, 4.69) is 15.6 Å². The highest BCUT2D eigenvalue weighted by Crippen LogP contribution is 2.11. The molecular weight excluding hydrogens is 245 g/mol. The normalized spacial score (nSPS) is 10.0. The van der Waals surface area contributed by atoms with E-state index in [9.17, 15) is 9.18 Å². The summed E-state index contributed by atoms with van der Waals surface area (Å²) in [5.74, 6) is 0.166. The van der Waals surface area contributed by atoms with Gasteiger partial charge in [-0.2, -0.15) is 0 Å². The van der Waals surface area contributed by atoms with E-state index in [1.165, 1.54) is 19.2 Å². The van der Waals surface area contributed by atoms with Crippen molar-refractivity contribution in [1.29, 1.82) is 0 Å². The second kappa shape index (κ2) is 5.95. The fourth-order valence-corrected chi connectivity index (χ4v) is 1.58. The summed E-state index contributed by atoms with van der Waals surface area (Å²) in [7, 11) is 0. The molecule has 0 unspecified atom stereocenters. The van der Waals surface area contributed by atoms with E-state index in [-0.39, 0.29) is 11.7 Å². The third-order valence-corrected chi connectivity index (χ3v) is 2.48. The summed E-state index contributed by atoms with van der Waals surface area (Å²) in [5.41, 5.74) is 1.80. The Bertz CT molecular complexity index is 552. The van der Waals surface area contributed by atoms with Gasteiger partial charge in [0, 0.05) is 19.2 Å². The Balaban J connectivity index is 1.92. The molecule has 2 rings (SSSR count). The molecule has 98 valence electrons. The van der Waals surface area contributed by atoms with Gasteiger partial charge < -0.3 is 10.6 Å². The predicted octanol–water partition coefficient (Wildman–Crippen LogP) is 2.79. The Morgan fingerprint density at radius 2 is 1.95 bits per heavy atom. The van der Waals surface area contributed by atoms with Crippen LogP contribution in [-0.2, 0) is 11.3 Å². The first kappa shape index (κ1) is 13.0. The molecule has 4 nitrogen and oxygen atoms in total. The first-order valence-corrected chi connectivity index (χ1v) is 5.85. The molecule has 0 aliphatic carbocycles. The summed E-state index contributed by atoms with van der Waals surface area (Å²) < 4.78 is 12.7. The lowest BCUT2D eigenvalue weighted by atomic mass is 10.2. The molecule has 0 radical (unpaired) electrons. The number of carbonyl (C=O) groups excluding carboxylic acids is 1. The SMILES string of the molecule is CC(=O)Nc1ccc(CNc2ccc(F)cn2)cc1. The average molecular weight is 259 g/mol. The van der Waals surface area contributed by atoms with E-state index in [1.54, 1.807) is 6.07 Å². The molecule has 2 N–H and O–H groups in total. The average Bonchev–Trinajstić information content (AvgIpc) is 2.39. The topological polar surface area (TPSA) is 54.0 Å². The molecule has 0 saturated carbocycles. The Morgan fingerprint density at radius 1 is 1.21 bits per heavy atom. The van der Waals surface area contributed by atoms with Gasteiger partial charge in [-0.1, -0.05) is 12.1 Å². The van der Waals surface area contributed by atoms with Crippen molar-refractivity contribution in [3.8, 4) is 0 Å². The summed E-state index contributed by atoms with van der Waals surface area (Å²) in [6, 6.07) is 10.4. The van der Waals surface area contributed by atoms with Gasteiger partial charge in [0.05, 0.1) is 6.20 Å². The number of amides is 1. The van der Waals surface area contributed by atoms with Crippen molar-refractivity contribution in [3.05, 3.63) is 54.0 Å². The number of rotatable bonds is 4. The van der Waals surface area contributed by atoms with E-state index in [4.69, 9.17) is 0 Å². The highest BCUT2D eigenvalue weighted by atomic mass is 19.1. The molecule has 1 aromatic heterocycles. The largest absolute Gasteiger partial charge is 0.366 e. The highest BCUT2D eigenvalue weighted by molar-refractivity contribution is 5.88. The van der Waals surface area contributed by atoms with Crippen molar-refractivity contribution in [2.75, 3.05) is 10.6 Å². The number of hydrogen-bond donors (Lipinski definition) is 2. The van der Waals surface area contributed by atoms with Crippen LogP contribution in [0.15, 0.2) is 42.6 Å². The first-order valence-electron chi connectivity index (χ1n) is 5.85.